The number of benzene rings is 1. The maximum Gasteiger partial charge on any atom is 0.257 e. The number of likely N-dealkylation sites (tertiary alicyclic amines) is 1. The van der Waals surface area contributed by atoms with E-state index < -0.39 is 5.60 Å². The van der Waals surface area contributed by atoms with Crippen molar-refractivity contribution in [2.75, 3.05) is 31.1 Å². The summed E-state index contributed by atoms with van der Waals surface area (Å²) in [6.45, 7) is 5.50. The number of morpholine rings is 1. The van der Waals surface area contributed by atoms with Crippen LogP contribution in [0.2, 0.25) is 0 Å². The number of carbonyl (C=O) groups is 2. The average Bonchev–Trinajstić information content (AvgIpc) is 2.93. The molecule has 29 heavy (non-hydrogen) atoms. The summed E-state index contributed by atoms with van der Waals surface area (Å²) in [7, 11) is 0. The molecule has 2 amide bonds. The SMILES string of the molecule is Cc1ncc(C(=O)N2CCCC3(CC2)CN(c2ccccc2)C(=O)CO3)c(C)n1. The highest BCUT2D eigenvalue weighted by Gasteiger charge is 2.42. The number of carbonyl (C=O) groups excluding carboxylic acids is 2. The molecule has 1 spiro atoms. The van der Waals surface area contributed by atoms with Gasteiger partial charge >= 0.3 is 0 Å². The lowest BCUT2D eigenvalue weighted by Crippen LogP contribution is -2.55. The largest absolute Gasteiger partial charge is 0.363 e. The summed E-state index contributed by atoms with van der Waals surface area (Å²) in [4.78, 5) is 37.7. The summed E-state index contributed by atoms with van der Waals surface area (Å²) in [5, 5.41) is 0. The monoisotopic (exact) mass is 394 g/mol. The second-order valence-corrected chi connectivity index (χ2v) is 7.85. The normalized spacial score (nSPS) is 22.6. The highest BCUT2D eigenvalue weighted by atomic mass is 16.5. The van der Waals surface area contributed by atoms with Crippen molar-refractivity contribution in [3.63, 3.8) is 0 Å². The highest BCUT2D eigenvalue weighted by Crippen LogP contribution is 2.33. The molecule has 0 N–H and O–H groups in total. The lowest BCUT2D eigenvalue weighted by atomic mass is 9.92. The van der Waals surface area contributed by atoms with Crippen molar-refractivity contribution in [3.8, 4) is 0 Å². The summed E-state index contributed by atoms with van der Waals surface area (Å²) in [5.41, 5.74) is 1.73. The number of nitrogens with zero attached hydrogens (tertiary/aromatic N) is 4. The van der Waals surface area contributed by atoms with E-state index in [4.69, 9.17) is 4.74 Å². The third-order valence-corrected chi connectivity index (χ3v) is 5.83. The van der Waals surface area contributed by atoms with Crippen molar-refractivity contribution in [3.05, 3.63) is 53.6 Å². The molecular weight excluding hydrogens is 368 g/mol. The third-order valence-electron chi connectivity index (χ3n) is 5.83. The van der Waals surface area contributed by atoms with Crippen LogP contribution in [0.4, 0.5) is 5.69 Å². The lowest BCUT2D eigenvalue weighted by Gasteiger charge is -2.42. The molecule has 1 unspecified atom stereocenters. The number of para-hydroxylation sites is 1. The number of aryl methyl sites for hydroxylation is 2. The second kappa shape index (κ2) is 7.91. The molecule has 7 heteroatoms. The van der Waals surface area contributed by atoms with Gasteiger partial charge in [0.2, 0.25) is 0 Å². The molecule has 7 nitrogen and oxygen atoms in total. The Morgan fingerprint density at radius 3 is 2.69 bits per heavy atom. The molecule has 0 saturated carbocycles. The molecule has 152 valence electrons. The Morgan fingerprint density at radius 1 is 1.14 bits per heavy atom. The fraction of sp³-hybridized carbons (Fsp3) is 0.455. The zero-order valence-electron chi connectivity index (χ0n) is 16.9. The van der Waals surface area contributed by atoms with E-state index in [1.807, 2.05) is 54.0 Å². The lowest BCUT2D eigenvalue weighted by molar-refractivity contribution is -0.140. The number of rotatable bonds is 2. The molecule has 1 aromatic heterocycles. The van der Waals surface area contributed by atoms with E-state index >= 15 is 0 Å². The van der Waals surface area contributed by atoms with Crippen LogP contribution >= 0.6 is 0 Å². The van der Waals surface area contributed by atoms with E-state index in [9.17, 15) is 9.59 Å². The maximum absolute atomic E-state index is 13.0. The number of aromatic nitrogens is 2. The molecule has 2 aliphatic heterocycles. The van der Waals surface area contributed by atoms with Crippen LogP contribution in [0.1, 0.15) is 41.1 Å². The third kappa shape index (κ3) is 4.00. The number of amides is 2. The fourth-order valence-corrected chi connectivity index (χ4v) is 4.19. The summed E-state index contributed by atoms with van der Waals surface area (Å²) >= 11 is 0. The summed E-state index contributed by atoms with van der Waals surface area (Å²) in [6.07, 6.45) is 3.96. The summed E-state index contributed by atoms with van der Waals surface area (Å²) < 4.78 is 6.07. The topological polar surface area (TPSA) is 75.6 Å². The van der Waals surface area contributed by atoms with Gasteiger partial charge in [0.05, 0.1) is 23.4 Å². The van der Waals surface area contributed by atoms with Crippen molar-refractivity contribution >= 4 is 17.5 Å². The first-order valence-corrected chi connectivity index (χ1v) is 10.1. The zero-order chi connectivity index (χ0) is 20.4. The van der Waals surface area contributed by atoms with Crippen LogP contribution < -0.4 is 4.90 Å². The molecule has 4 rings (SSSR count). The summed E-state index contributed by atoms with van der Waals surface area (Å²) in [6, 6.07) is 9.71. The van der Waals surface area contributed by atoms with Gasteiger partial charge in [-0.25, -0.2) is 9.97 Å². The number of hydrogen-bond donors (Lipinski definition) is 0. The molecule has 1 aromatic carbocycles. The van der Waals surface area contributed by atoms with Crippen molar-refractivity contribution in [2.45, 2.75) is 38.7 Å². The molecule has 0 radical (unpaired) electrons. The Balaban J connectivity index is 1.49. The molecular formula is C22H26N4O3. The Kier molecular flexibility index (Phi) is 5.32. The average molecular weight is 394 g/mol. The van der Waals surface area contributed by atoms with Crippen LogP contribution in [-0.2, 0) is 9.53 Å². The van der Waals surface area contributed by atoms with Gasteiger partial charge < -0.3 is 14.5 Å². The van der Waals surface area contributed by atoms with E-state index in [0.717, 1.165) is 18.5 Å². The van der Waals surface area contributed by atoms with Gasteiger partial charge in [0, 0.05) is 25.0 Å². The van der Waals surface area contributed by atoms with Gasteiger partial charge in [-0.1, -0.05) is 18.2 Å². The second-order valence-electron chi connectivity index (χ2n) is 7.85. The van der Waals surface area contributed by atoms with Crippen molar-refractivity contribution < 1.29 is 14.3 Å². The fourth-order valence-electron chi connectivity index (χ4n) is 4.19. The molecule has 2 fully saturated rings. The van der Waals surface area contributed by atoms with Gasteiger partial charge in [-0.2, -0.15) is 0 Å². The predicted octanol–water partition coefficient (Wildman–Crippen LogP) is 2.52. The molecule has 2 saturated heterocycles. The van der Waals surface area contributed by atoms with Crippen LogP contribution in [0.3, 0.4) is 0 Å². The van der Waals surface area contributed by atoms with Gasteiger partial charge in [-0.3, -0.25) is 9.59 Å². The Labute approximate surface area is 170 Å². The van der Waals surface area contributed by atoms with Crippen LogP contribution in [0, 0.1) is 13.8 Å². The minimum atomic E-state index is -0.419. The Morgan fingerprint density at radius 2 is 1.93 bits per heavy atom. The van der Waals surface area contributed by atoms with Crippen molar-refractivity contribution in [2.24, 2.45) is 0 Å². The van der Waals surface area contributed by atoms with E-state index in [2.05, 4.69) is 9.97 Å². The zero-order valence-corrected chi connectivity index (χ0v) is 16.9. The predicted molar refractivity (Wildman–Crippen MR) is 109 cm³/mol. The number of anilines is 1. The minimum Gasteiger partial charge on any atom is -0.363 e. The van der Waals surface area contributed by atoms with Gasteiger partial charge in [0.25, 0.3) is 11.8 Å². The van der Waals surface area contributed by atoms with Crippen molar-refractivity contribution in [1.29, 1.82) is 0 Å². The highest BCUT2D eigenvalue weighted by molar-refractivity contribution is 5.95. The maximum atomic E-state index is 13.0. The number of hydrogen-bond acceptors (Lipinski definition) is 5. The van der Waals surface area contributed by atoms with Gasteiger partial charge in [-0.05, 0) is 45.2 Å². The Bertz CT molecular complexity index is 918. The quantitative estimate of drug-likeness (QED) is 0.782. The van der Waals surface area contributed by atoms with E-state index in [1.54, 1.807) is 6.20 Å². The standard InChI is InChI=1S/C22H26N4O3/c1-16-19(13-23-17(2)24-16)21(28)25-11-6-9-22(10-12-25)15-26(20(27)14-29-22)18-7-4-3-5-8-18/h3-5,7-8,13H,6,9-12,14-15H2,1-2H3. The van der Waals surface area contributed by atoms with Crippen LogP contribution in [0.15, 0.2) is 36.5 Å². The minimum absolute atomic E-state index is 0.0218. The van der Waals surface area contributed by atoms with Crippen LogP contribution in [-0.4, -0.2) is 58.5 Å². The van der Waals surface area contributed by atoms with Gasteiger partial charge in [0.15, 0.2) is 0 Å². The van der Waals surface area contributed by atoms with Gasteiger partial charge in [-0.15, -0.1) is 0 Å². The molecule has 2 aliphatic rings. The summed E-state index contributed by atoms with van der Waals surface area (Å²) in [5.74, 6) is 0.605. The van der Waals surface area contributed by atoms with Gasteiger partial charge in [0.1, 0.15) is 12.4 Å². The first kappa shape index (κ1) is 19.5. The molecule has 0 aliphatic carbocycles. The van der Waals surface area contributed by atoms with Crippen molar-refractivity contribution in [1.82, 2.24) is 14.9 Å². The smallest absolute Gasteiger partial charge is 0.257 e. The van der Waals surface area contributed by atoms with E-state index in [1.165, 1.54) is 0 Å². The Hall–Kier alpha value is -2.80. The first-order chi connectivity index (χ1) is 14.0. The molecule has 3 heterocycles. The molecule has 0 bridgehead atoms. The van der Waals surface area contributed by atoms with Crippen LogP contribution in [0.5, 0.6) is 0 Å². The molecule has 2 aromatic rings. The first-order valence-electron chi connectivity index (χ1n) is 10.1. The number of ether oxygens (including phenoxy) is 1. The van der Waals surface area contributed by atoms with Crippen LogP contribution in [0.25, 0.3) is 0 Å². The van der Waals surface area contributed by atoms with E-state index in [0.29, 0.717) is 43.1 Å². The molecule has 1 atom stereocenters. The van der Waals surface area contributed by atoms with E-state index in [-0.39, 0.29) is 18.4 Å².